The van der Waals surface area contributed by atoms with Crippen molar-refractivity contribution in [2.24, 2.45) is 0 Å². The lowest BCUT2D eigenvalue weighted by Crippen LogP contribution is -3.06. The molecule has 1 fully saturated rings. The average molecular weight is 346 g/mol. The lowest BCUT2D eigenvalue weighted by molar-refractivity contribution is -0.787. The van der Waals surface area contributed by atoms with Crippen LogP contribution < -0.4 is 10.6 Å². The Kier molecular flexibility index (Phi) is 3.84. The Labute approximate surface area is 148 Å². The van der Waals surface area contributed by atoms with E-state index in [4.69, 9.17) is 0 Å². The van der Waals surface area contributed by atoms with Gasteiger partial charge in [0.05, 0.1) is 16.5 Å². The van der Waals surface area contributed by atoms with Crippen LogP contribution in [-0.4, -0.2) is 27.1 Å². The first-order valence-electron chi connectivity index (χ1n) is 9.22. The molecule has 4 nitrogen and oxygen atoms in total. The number of quaternary nitrogens is 1. The SMILES string of the molecule is CC1(C)CC(Nc2ncnc3sc4c(c23)CCCC4)CC(C)(C)[NH2+]1. The monoisotopic (exact) mass is 345 g/mol. The van der Waals surface area contributed by atoms with E-state index < -0.39 is 0 Å². The summed E-state index contributed by atoms with van der Waals surface area (Å²) in [6.07, 6.45) is 9.07. The maximum absolute atomic E-state index is 4.65. The summed E-state index contributed by atoms with van der Waals surface area (Å²) in [7, 11) is 0. The fourth-order valence-corrected chi connectivity index (χ4v) is 6.24. The number of rotatable bonds is 2. The first-order chi connectivity index (χ1) is 11.3. The van der Waals surface area contributed by atoms with Crippen molar-refractivity contribution in [2.75, 3.05) is 5.32 Å². The molecule has 0 atom stereocenters. The third kappa shape index (κ3) is 3.04. The van der Waals surface area contributed by atoms with Crippen LogP contribution in [0.4, 0.5) is 5.82 Å². The largest absolute Gasteiger partial charge is 0.366 e. The van der Waals surface area contributed by atoms with Crippen LogP contribution in [0, 0.1) is 0 Å². The number of hydrogen-bond donors (Lipinski definition) is 2. The summed E-state index contributed by atoms with van der Waals surface area (Å²) in [5.41, 5.74) is 2.05. The smallest absolute Gasteiger partial charge is 0.138 e. The number of fused-ring (bicyclic) bond motifs is 3. The maximum Gasteiger partial charge on any atom is 0.138 e. The topological polar surface area (TPSA) is 54.4 Å². The van der Waals surface area contributed by atoms with E-state index in [1.54, 1.807) is 6.33 Å². The van der Waals surface area contributed by atoms with Gasteiger partial charge < -0.3 is 10.6 Å². The summed E-state index contributed by atoms with van der Waals surface area (Å²) in [5, 5.41) is 7.64. The van der Waals surface area contributed by atoms with Crippen molar-refractivity contribution in [3.63, 3.8) is 0 Å². The molecule has 0 spiro atoms. The molecule has 0 aromatic carbocycles. The Morgan fingerprint density at radius 3 is 2.54 bits per heavy atom. The van der Waals surface area contributed by atoms with Gasteiger partial charge in [-0.25, -0.2) is 9.97 Å². The molecule has 1 saturated heterocycles. The number of nitrogens with zero attached hydrogens (tertiary/aromatic N) is 2. The molecule has 130 valence electrons. The molecule has 0 bridgehead atoms. The van der Waals surface area contributed by atoms with E-state index in [0.29, 0.717) is 6.04 Å². The van der Waals surface area contributed by atoms with Gasteiger partial charge >= 0.3 is 0 Å². The predicted molar refractivity (Wildman–Crippen MR) is 101 cm³/mol. The van der Waals surface area contributed by atoms with Crippen LogP contribution in [0.5, 0.6) is 0 Å². The summed E-state index contributed by atoms with van der Waals surface area (Å²) >= 11 is 1.88. The molecule has 1 aliphatic carbocycles. The summed E-state index contributed by atoms with van der Waals surface area (Å²) in [4.78, 5) is 11.9. The Balaban J connectivity index is 1.68. The number of aryl methyl sites for hydroxylation is 2. The lowest BCUT2D eigenvalue weighted by Gasteiger charge is -2.43. The summed E-state index contributed by atoms with van der Waals surface area (Å²) in [5.74, 6) is 1.07. The van der Waals surface area contributed by atoms with Crippen LogP contribution in [0.1, 0.15) is 63.8 Å². The quantitative estimate of drug-likeness (QED) is 0.878. The number of aromatic nitrogens is 2. The molecule has 3 N–H and O–H groups in total. The van der Waals surface area contributed by atoms with E-state index in [9.17, 15) is 0 Å². The minimum atomic E-state index is 0.264. The maximum atomic E-state index is 4.65. The van der Waals surface area contributed by atoms with Gasteiger partial charge in [-0.2, -0.15) is 0 Å². The van der Waals surface area contributed by atoms with E-state index in [2.05, 4.69) is 48.3 Å². The third-order valence-corrected chi connectivity index (χ3v) is 6.62. The van der Waals surface area contributed by atoms with Crippen LogP contribution in [0.15, 0.2) is 6.33 Å². The van der Waals surface area contributed by atoms with Crippen molar-refractivity contribution in [3.8, 4) is 0 Å². The molecule has 5 heteroatoms. The molecule has 0 amide bonds. The standard InChI is InChI=1S/C19H28N4S/c1-18(2)9-12(10-19(3,4)23-18)22-16-15-13-7-5-6-8-14(13)24-17(15)21-11-20-16/h11-12,23H,5-10H2,1-4H3,(H,20,21,22)/p+1. The van der Waals surface area contributed by atoms with Crippen molar-refractivity contribution < 1.29 is 5.32 Å². The minimum absolute atomic E-state index is 0.264. The molecule has 24 heavy (non-hydrogen) atoms. The van der Waals surface area contributed by atoms with Gasteiger partial charge in [-0.1, -0.05) is 0 Å². The Bertz CT molecular complexity index is 746. The number of thiophene rings is 1. The molecular weight excluding hydrogens is 316 g/mol. The van der Waals surface area contributed by atoms with Crippen LogP contribution in [0.2, 0.25) is 0 Å². The minimum Gasteiger partial charge on any atom is -0.366 e. The van der Waals surface area contributed by atoms with E-state index >= 15 is 0 Å². The highest BCUT2D eigenvalue weighted by atomic mass is 32.1. The highest BCUT2D eigenvalue weighted by Crippen LogP contribution is 2.38. The second-order valence-corrected chi connectivity index (χ2v) is 10.1. The van der Waals surface area contributed by atoms with Crippen LogP contribution in [-0.2, 0) is 12.8 Å². The molecule has 0 unspecified atom stereocenters. The highest BCUT2D eigenvalue weighted by molar-refractivity contribution is 7.19. The van der Waals surface area contributed by atoms with E-state index in [-0.39, 0.29) is 11.1 Å². The zero-order chi connectivity index (χ0) is 16.9. The average Bonchev–Trinajstić information content (AvgIpc) is 2.83. The third-order valence-electron chi connectivity index (χ3n) is 5.42. The van der Waals surface area contributed by atoms with Crippen molar-refractivity contribution in [3.05, 3.63) is 16.8 Å². The normalized spacial score (nSPS) is 23.2. The Hall–Kier alpha value is -1.20. The fourth-order valence-electron chi connectivity index (χ4n) is 5.01. The van der Waals surface area contributed by atoms with Gasteiger partial charge in [0, 0.05) is 23.8 Å². The van der Waals surface area contributed by atoms with Gasteiger partial charge in [-0.15, -0.1) is 11.3 Å². The van der Waals surface area contributed by atoms with Crippen molar-refractivity contribution in [1.29, 1.82) is 0 Å². The Morgan fingerprint density at radius 2 is 1.79 bits per heavy atom. The van der Waals surface area contributed by atoms with Gasteiger partial charge in [0.25, 0.3) is 0 Å². The van der Waals surface area contributed by atoms with Crippen molar-refractivity contribution in [2.45, 2.75) is 83.3 Å². The first kappa shape index (κ1) is 16.3. The van der Waals surface area contributed by atoms with Crippen molar-refractivity contribution in [1.82, 2.24) is 9.97 Å². The van der Waals surface area contributed by atoms with E-state index in [1.807, 2.05) is 11.3 Å². The predicted octanol–water partition coefficient (Wildman–Crippen LogP) is 3.27. The number of piperidine rings is 1. The number of anilines is 1. The fraction of sp³-hybridized carbons (Fsp3) is 0.684. The molecule has 2 aliphatic rings. The van der Waals surface area contributed by atoms with Crippen LogP contribution in [0.25, 0.3) is 10.2 Å². The molecule has 3 heterocycles. The van der Waals surface area contributed by atoms with Gasteiger partial charge in [0.15, 0.2) is 0 Å². The van der Waals surface area contributed by atoms with E-state index in [1.165, 1.54) is 46.3 Å². The van der Waals surface area contributed by atoms with E-state index in [0.717, 1.165) is 18.7 Å². The molecular formula is C19H29N4S+. The Morgan fingerprint density at radius 1 is 1.08 bits per heavy atom. The summed E-state index contributed by atoms with van der Waals surface area (Å²) in [6, 6.07) is 0.470. The second kappa shape index (κ2) is 5.67. The lowest BCUT2D eigenvalue weighted by atomic mass is 9.79. The number of nitrogens with two attached hydrogens (primary N) is 1. The molecule has 1 aliphatic heterocycles. The van der Waals surface area contributed by atoms with Crippen LogP contribution >= 0.6 is 11.3 Å². The van der Waals surface area contributed by atoms with Gasteiger partial charge in [0.1, 0.15) is 17.0 Å². The highest BCUT2D eigenvalue weighted by Gasteiger charge is 2.41. The molecule has 2 aromatic heterocycles. The molecule has 2 aromatic rings. The van der Waals surface area contributed by atoms with Crippen molar-refractivity contribution >= 4 is 27.4 Å². The molecule has 4 rings (SSSR count). The number of hydrogen-bond acceptors (Lipinski definition) is 4. The molecule has 0 saturated carbocycles. The van der Waals surface area contributed by atoms with Crippen LogP contribution in [0.3, 0.4) is 0 Å². The van der Waals surface area contributed by atoms with Gasteiger partial charge in [0.2, 0.25) is 0 Å². The zero-order valence-electron chi connectivity index (χ0n) is 15.3. The van der Waals surface area contributed by atoms with Gasteiger partial charge in [-0.05, 0) is 58.9 Å². The number of nitrogens with one attached hydrogen (secondary N) is 1. The first-order valence-corrected chi connectivity index (χ1v) is 10.0. The second-order valence-electron chi connectivity index (χ2n) is 8.98. The van der Waals surface area contributed by atoms with Gasteiger partial charge in [-0.3, -0.25) is 0 Å². The molecule has 0 radical (unpaired) electrons. The summed E-state index contributed by atoms with van der Waals surface area (Å²) < 4.78 is 0. The summed E-state index contributed by atoms with van der Waals surface area (Å²) in [6.45, 7) is 9.41. The zero-order valence-corrected chi connectivity index (χ0v) is 16.1.